The van der Waals surface area contributed by atoms with Gasteiger partial charge in [-0.25, -0.2) is 0 Å². The molecule has 29 heavy (non-hydrogen) atoms. The number of benzene rings is 1. The predicted molar refractivity (Wildman–Crippen MR) is 113 cm³/mol. The molecule has 1 aliphatic rings. The van der Waals surface area contributed by atoms with Crippen LogP contribution < -0.4 is 4.74 Å². The number of hydrogen-bond acceptors (Lipinski definition) is 5. The van der Waals surface area contributed by atoms with Crippen molar-refractivity contribution in [2.24, 2.45) is 5.41 Å². The summed E-state index contributed by atoms with van der Waals surface area (Å²) >= 11 is 0. The Balaban J connectivity index is 1.57. The lowest BCUT2D eigenvalue weighted by Crippen LogP contribution is -2.45. The van der Waals surface area contributed by atoms with Crippen molar-refractivity contribution in [3.8, 4) is 5.75 Å². The molecule has 1 aliphatic heterocycles. The van der Waals surface area contributed by atoms with Gasteiger partial charge in [-0.2, -0.15) is 5.10 Å². The van der Waals surface area contributed by atoms with Gasteiger partial charge in [0, 0.05) is 24.3 Å². The van der Waals surface area contributed by atoms with Gasteiger partial charge in [0.15, 0.2) is 0 Å². The van der Waals surface area contributed by atoms with Crippen LogP contribution in [0.2, 0.25) is 0 Å². The monoisotopic (exact) mass is 399 g/mol. The zero-order valence-electron chi connectivity index (χ0n) is 17.8. The van der Waals surface area contributed by atoms with Gasteiger partial charge in [0.1, 0.15) is 5.75 Å². The van der Waals surface area contributed by atoms with Crippen LogP contribution in [-0.4, -0.2) is 47.0 Å². The van der Waals surface area contributed by atoms with Crippen molar-refractivity contribution in [1.82, 2.24) is 14.7 Å². The van der Waals surface area contributed by atoms with Crippen LogP contribution in [0.5, 0.6) is 5.75 Å². The standard InChI is InChI=1S/C23H33N3O3/c1-4-28-22(27)23(12-15-29-21-8-6-5-7-9-21)10-13-25(14-11-23)17-20-16-24-26(18-20)19(2)3/h5-9,16,18-19H,4,10-15,17H2,1-3H3. The Morgan fingerprint density at radius 3 is 2.55 bits per heavy atom. The average molecular weight is 400 g/mol. The van der Waals surface area contributed by atoms with Crippen LogP contribution in [0.25, 0.3) is 0 Å². The van der Waals surface area contributed by atoms with Crippen molar-refractivity contribution in [1.29, 1.82) is 0 Å². The summed E-state index contributed by atoms with van der Waals surface area (Å²) < 4.78 is 13.3. The molecule has 0 radical (unpaired) electrons. The summed E-state index contributed by atoms with van der Waals surface area (Å²) in [5.74, 6) is 0.759. The maximum absolute atomic E-state index is 12.8. The summed E-state index contributed by atoms with van der Waals surface area (Å²) in [5.41, 5.74) is 0.762. The molecule has 1 aromatic carbocycles. The fourth-order valence-electron chi connectivity index (χ4n) is 3.86. The second-order valence-electron chi connectivity index (χ2n) is 8.11. The average Bonchev–Trinajstić information content (AvgIpc) is 3.19. The quantitative estimate of drug-likeness (QED) is 0.595. The molecule has 1 saturated heterocycles. The van der Waals surface area contributed by atoms with E-state index in [-0.39, 0.29) is 5.97 Å². The first-order valence-electron chi connectivity index (χ1n) is 10.6. The van der Waals surface area contributed by atoms with E-state index in [2.05, 4.69) is 30.0 Å². The summed E-state index contributed by atoms with van der Waals surface area (Å²) in [7, 11) is 0. The second kappa shape index (κ2) is 9.92. The third-order valence-corrected chi connectivity index (χ3v) is 5.70. The normalized spacial score (nSPS) is 16.7. The van der Waals surface area contributed by atoms with Crippen molar-refractivity contribution in [3.05, 3.63) is 48.3 Å². The van der Waals surface area contributed by atoms with E-state index in [4.69, 9.17) is 9.47 Å². The van der Waals surface area contributed by atoms with Crippen LogP contribution in [0.4, 0.5) is 0 Å². The number of para-hydroxylation sites is 1. The number of hydrogen-bond donors (Lipinski definition) is 0. The number of ether oxygens (including phenoxy) is 2. The molecule has 1 aromatic heterocycles. The molecule has 0 N–H and O–H groups in total. The Morgan fingerprint density at radius 2 is 1.93 bits per heavy atom. The Kier molecular flexibility index (Phi) is 7.31. The topological polar surface area (TPSA) is 56.6 Å². The van der Waals surface area contributed by atoms with Gasteiger partial charge in [-0.1, -0.05) is 18.2 Å². The largest absolute Gasteiger partial charge is 0.494 e. The molecular weight excluding hydrogens is 366 g/mol. The van der Waals surface area contributed by atoms with E-state index in [1.807, 2.05) is 48.1 Å². The first-order valence-corrected chi connectivity index (χ1v) is 10.6. The van der Waals surface area contributed by atoms with Gasteiger partial charge in [-0.3, -0.25) is 14.4 Å². The zero-order valence-corrected chi connectivity index (χ0v) is 17.8. The lowest BCUT2D eigenvalue weighted by Gasteiger charge is -2.39. The smallest absolute Gasteiger partial charge is 0.312 e. The molecule has 0 atom stereocenters. The van der Waals surface area contributed by atoms with Crippen LogP contribution in [0.3, 0.4) is 0 Å². The molecule has 0 amide bonds. The fraction of sp³-hybridized carbons (Fsp3) is 0.565. The second-order valence-corrected chi connectivity index (χ2v) is 8.11. The fourth-order valence-corrected chi connectivity index (χ4v) is 3.86. The minimum Gasteiger partial charge on any atom is -0.494 e. The van der Waals surface area contributed by atoms with Crippen molar-refractivity contribution in [2.45, 2.75) is 52.6 Å². The van der Waals surface area contributed by atoms with E-state index in [9.17, 15) is 4.79 Å². The van der Waals surface area contributed by atoms with Gasteiger partial charge < -0.3 is 9.47 Å². The summed E-state index contributed by atoms with van der Waals surface area (Å²) in [4.78, 5) is 15.2. The molecule has 0 unspecified atom stereocenters. The molecule has 1 fully saturated rings. The third kappa shape index (κ3) is 5.60. The minimum atomic E-state index is -0.455. The van der Waals surface area contributed by atoms with Gasteiger partial charge >= 0.3 is 5.97 Å². The van der Waals surface area contributed by atoms with Crippen LogP contribution in [0, 0.1) is 5.41 Å². The molecule has 6 nitrogen and oxygen atoms in total. The number of piperidine rings is 1. The Hall–Kier alpha value is -2.34. The van der Waals surface area contributed by atoms with E-state index >= 15 is 0 Å². The molecule has 0 saturated carbocycles. The number of carbonyl (C=O) groups is 1. The van der Waals surface area contributed by atoms with Crippen molar-refractivity contribution in [2.75, 3.05) is 26.3 Å². The van der Waals surface area contributed by atoms with Gasteiger partial charge in [0.2, 0.25) is 0 Å². The third-order valence-electron chi connectivity index (χ3n) is 5.70. The summed E-state index contributed by atoms with van der Waals surface area (Å²) in [6, 6.07) is 10.1. The van der Waals surface area contributed by atoms with E-state index < -0.39 is 5.41 Å². The Morgan fingerprint density at radius 1 is 1.21 bits per heavy atom. The number of esters is 1. The Labute approximate surface area is 173 Å². The summed E-state index contributed by atoms with van der Waals surface area (Å²) in [6.45, 7) is 9.67. The number of likely N-dealkylation sites (tertiary alicyclic amines) is 1. The molecule has 2 aromatic rings. The highest BCUT2D eigenvalue weighted by atomic mass is 16.5. The molecule has 0 bridgehead atoms. The van der Waals surface area contributed by atoms with Gasteiger partial charge in [0.05, 0.1) is 24.8 Å². The first kappa shape index (κ1) is 21.4. The van der Waals surface area contributed by atoms with Crippen molar-refractivity contribution >= 4 is 5.97 Å². The minimum absolute atomic E-state index is 0.0797. The van der Waals surface area contributed by atoms with Crippen molar-refractivity contribution in [3.63, 3.8) is 0 Å². The molecule has 0 aliphatic carbocycles. The maximum atomic E-state index is 12.8. The van der Waals surface area contributed by atoms with E-state index in [0.717, 1.165) is 38.2 Å². The summed E-state index contributed by atoms with van der Waals surface area (Å²) in [6.07, 6.45) is 6.33. The molecule has 3 rings (SSSR count). The van der Waals surface area contributed by atoms with Crippen LogP contribution in [0.1, 0.15) is 51.6 Å². The van der Waals surface area contributed by atoms with Gasteiger partial charge in [0.25, 0.3) is 0 Å². The number of carbonyl (C=O) groups excluding carboxylic acids is 1. The highest BCUT2D eigenvalue weighted by Gasteiger charge is 2.42. The van der Waals surface area contributed by atoms with Crippen molar-refractivity contribution < 1.29 is 14.3 Å². The Bertz CT molecular complexity index is 765. The number of nitrogens with zero attached hydrogens (tertiary/aromatic N) is 3. The van der Waals surface area contributed by atoms with Crippen LogP contribution >= 0.6 is 0 Å². The highest BCUT2D eigenvalue weighted by molar-refractivity contribution is 5.77. The highest BCUT2D eigenvalue weighted by Crippen LogP contribution is 2.37. The lowest BCUT2D eigenvalue weighted by molar-refractivity contribution is -0.159. The molecule has 2 heterocycles. The molecule has 6 heteroatoms. The van der Waals surface area contributed by atoms with Crippen LogP contribution in [-0.2, 0) is 16.1 Å². The van der Waals surface area contributed by atoms with E-state index in [1.54, 1.807) is 0 Å². The molecular formula is C23H33N3O3. The lowest BCUT2D eigenvalue weighted by atomic mass is 9.75. The SMILES string of the molecule is CCOC(=O)C1(CCOc2ccccc2)CCN(Cc2cnn(C(C)C)c2)CC1. The summed E-state index contributed by atoms with van der Waals surface area (Å²) in [5, 5.41) is 4.43. The zero-order chi connectivity index (χ0) is 20.7. The molecule has 158 valence electrons. The number of rotatable bonds is 9. The molecule has 0 spiro atoms. The predicted octanol–water partition coefficient (Wildman–Crippen LogP) is 4.08. The first-order chi connectivity index (χ1) is 14.0. The van der Waals surface area contributed by atoms with E-state index in [1.165, 1.54) is 5.56 Å². The van der Waals surface area contributed by atoms with E-state index in [0.29, 0.717) is 25.7 Å². The maximum Gasteiger partial charge on any atom is 0.312 e. The van der Waals surface area contributed by atoms with Crippen LogP contribution in [0.15, 0.2) is 42.7 Å². The van der Waals surface area contributed by atoms with Gasteiger partial charge in [-0.05, 0) is 65.3 Å². The van der Waals surface area contributed by atoms with Gasteiger partial charge in [-0.15, -0.1) is 0 Å². The number of aromatic nitrogens is 2.